The van der Waals surface area contributed by atoms with Gasteiger partial charge in [0.1, 0.15) is 6.79 Å². The van der Waals surface area contributed by atoms with Crippen LogP contribution in [0.15, 0.2) is 30.3 Å². The topological polar surface area (TPSA) is 21.7 Å². The van der Waals surface area contributed by atoms with E-state index in [0.717, 1.165) is 19.4 Å². The van der Waals surface area contributed by atoms with Crippen molar-refractivity contribution in [3.63, 3.8) is 0 Å². The van der Waals surface area contributed by atoms with Crippen LogP contribution in [-0.4, -0.2) is 44.0 Å². The molecule has 1 saturated heterocycles. The molecule has 3 heteroatoms. The summed E-state index contributed by atoms with van der Waals surface area (Å²) in [6, 6.07) is 10.9. The molecule has 99 valence electrons. The summed E-state index contributed by atoms with van der Waals surface area (Å²) < 4.78 is 11.0. The van der Waals surface area contributed by atoms with Crippen LogP contribution in [0.5, 0.6) is 0 Å². The third-order valence-electron chi connectivity index (χ3n) is 3.44. The largest absolute Gasteiger partial charge is 0.353 e. The second-order valence-electron chi connectivity index (χ2n) is 4.78. The summed E-state index contributed by atoms with van der Waals surface area (Å²) in [6.45, 7) is 6.03. The van der Waals surface area contributed by atoms with Gasteiger partial charge in [0.05, 0.1) is 12.7 Å². The first-order valence-corrected chi connectivity index (χ1v) is 6.54. The maximum Gasteiger partial charge on any atom is 0.147 e. The van der Waals surface area contributed by atoms with Gasteiger partial charge in [-0.2, -0.15) is 0 Å². The van der Waals surface area contributed by atoms with Gasteiger partial charge >= 0.3 is 0 Å². The van der Waals surface area contributed by atoms with Crippen LogP contribution >= 0.6 is 0 Å². The van der Waals surface area contributed by atoms with E-state index in [9.17, 15) is 0 Å². The van der Waals surface area contributed by atoms with Crippen molar-refractivity contribution in [1.29, 1.82) is 0 Å². The van der Waals surface area contributed by atoms with Crippen molar-refractivity contribution in [3.8, 4) is 0 Å². The van der Waals surface area contributed by atoms with Gasteiger partial charge in [-0.1, -0.05) is 37.3 Å². The van der Waals surface area contributed by atoms with Crippen molar-refractivity contribution in [3.05, 3.63) is 42.8 Å². The molecule has 0 aromatic heterocycles. The average molecular weight is 248 g/mol. The second kappa shape index (κ2) is 6.88. The number of nitrogens with zero attached hydrogens (tertiary/aromatic N) is 1. The first-order chi connectivity index (χ1) is 8.81. The van der Waals surface area contributed by atoms with E-state index in [-0.39, 0.29) is 6.10 Å². The van der Waals surface area contributed by atoms with Gasteiger partial charge in [0.2, 0.25) is 0 Å². The average Bonchev–Trinajstić information content (AvgIpc) is 2.91. The van der Waals surface area contributed by atoms with E-state index in [0.29, 0.717) is 19.4 Å². The molecule has 2 rings (SSSR count). The summed E-state index contributed by atoms with van der Waals surface area (Å²) in [5.41, 5.74) is 1.34. The van der Waals surface area contributed by atoms with Gasteiger partial charge < -0.3 is 14.4 Å². The van der Waals surface area contributed by atoms with Crippen LogP contribution in [0.4, 0.5) is 0 Å². The van der Waals surface area contributed by atoms with Crippen molar-refractivity contribution >= 4 is 0 Å². The molecule has 1 radical (unpaired) electrons. The molecule has 0 amide bonds. The van der Waals surface area contributed by atoms with Crippen LogP contribution in [0.25, 0.3) is 0 Å². The Balaban J connectivity index is 2.04. The van der Waals surface area contributed by atoms with Crippen molar-refractivity contribution < 1.29 is 9.47 Å². The molecule has 0 N–H and O–H groups in total. The van der Waals surface area contributed by atoms with Gasteiger partial charge in [-0.05, 0) is 32.0 Å². The SMILES string of the molecule is [CH2]CCN(C)C(Cc1ccccc1)C1COCO1. The molecular weight excluding hydrogens is 226 g/mol. The zero-order chi connectivity index (χ0) is 12.8. The first kappa shape index (κ1) is 13.5. The molecule has 0 saturated carbocycles. The first-order valence-electron chi connectivity index (χ1n) is 6.54. The molecule has 1 aliphatic heterocycles. The van der Waals surface area contributed by atoms with E-state index >= 15 is 0 Å². The molecular formula is C15H22NO2. The highest BCUT2D eigenvalue weighted by molar-refractivity contribution is 5.16. The Bertz CT molecular complexity index is 336. The van der Waals surface area contributed by atoms with Crippen LogP contribution in [0.3, 0.4) is 0 Å². The van der Waals surface area contributed by atoms with Gasteiger partial charge in [0.25, 0.3) is 0 Å². The van der Waals surface area contributed by atoms with E-state index in [4.69, 9.17) is 9.47 Å². The monoisotopic (exact) mass is 248 g/mol. The zero-order valence-corrected chi connectivity index (χ0v) is 11.0. The quantitative estimate of drug-likeness (QED) is 0.770. The molecule has 2 unspecified atom stereocenters. The summed E-state index contributed by atoms with van der Waals surface area (Å²) >= 11 is 0. The molecule has 1 aliphatic rings. The fourth-order valence-corrected chi connectivity index (χ4v) is 2.41. The van der Waals surface area contributed by atoms with E-state index in [2.05, 4.69) is 43.1 Å². The van der Waals surface area contributed by atoms with Crippen molar-refractivity contribution in [2.24, 2.45) is 0 Å². The van der Waals surface area contributed by atoms with Gasteiger partial charge in [-0.3, -0.25) is 0 Å². The van der Waals surface area contributed by atoms with Gasteiger partial charge in [-0.25, -0.2) is 0 Å². The molecule has 1 aromatic carbocycles. The molecule has 2 atom stereocenters. The van der Waals surface area contributed by atoms with Crippen molar-refractivity contribution in [2.75, 3.05) is 27.0 Å². The maximum absolute atomic E-state index is 5.67. The Kier molecular flexibility index (Phi) is 5.17. The zero-order valence-electron chi connectivity index (χ0n) is 11.0. The lowest BCUT2D eigenvalue weighted by Crippen LogP contribution is -2.44. The third-order valence-corrected chi connectivity index (χ3v) is 3.44. The Morgan fingerprint density at radius 2 is 2.17 bits per heavy atom. The predicted octanol–water partition coefficient (Wildman–Crippen LogP) is 2.13. The Labute approximate surface area is 110 Å². The summed E-state index contributed by atoms with van der Waals surface area (Å²) in [5, 5.41) is 0. The van der Waals surface area contributed by atoms with Crippen LogP contribution < -0.4 is 0 Å². The number of hydrogen-bond acceptors (Lipinski definition) is 3. The minimum atomic E-state index is 0.168. The fraction of sp³-hybridized carbons (Fsp3) is 0.533. The smallest absolute Gasteiger partial charge is 0.147 e. The number of ether oxygens (including phenoxy) is 2. The van der Waals surface area contributed by atoms with Crippen molar-refractivity contribution in [2.45, 2.75) is 25.0 Å². The van der Waals surface area contributed by atoms with Gasteiger partial charge in [0.15, 0.2) is 0 Å². The Morgan fingerprint density at radius 1 is 1.39 bits per heavy atom. The summed E-state index contributed by atoms with van der Waals surface area (Å²) in [6.07, 6.45) is 2.07. The lowest BCUT2D eigenvalue weighted by Gasteiger charge is -2.31. The predicted molar refractivity (Wildman–Crippen MR) is 72.2 cm³/mol. The van der Waals surface area contributed by atoms with Gasteiger partial charge in [-0.15, -0.1) is 0 Å². The maximum atomic E-state index is 5.67. The summed E-state index contributed by atoms with van der Waals surface area (Å²) in [4.78, 5) is 2.33. The number of hydrogen-bond donors (Lipinski definition) is 0. The lowest BCUT2D eigenvalue weighted by atomic mass is 10.00. The molecule has 3 nitrogen and oxygen atoms in total. The van der Waals surface area contributed by atoms with E-state index in [1.54, 1.807) is 0 Å². The van der Waals surface area contributed by atoms with Gasteiger partial charge in [0, 0.05) is 6.04 Å². The molecule has 1 aromatic rings. The third kappa shape index (κ3) is 3.55. The van der Waals surface area contributed by atoms with E-state index in [1.165, 1.54) is 5.56 Å². The van der Waals surface area contributed by atoms with E-state index in [1.807, 2.05) is 6.07 Å². The molecule has 0 aliphatic carbocycles. The number of rotatable bonds is 6. The summed E-state index contributed by atoms with van der Waals surface area (Å²) in [7, 11) is 2.14. The molecule has 0 spiro atoms. The lowest BCUT2D eigenvalue weighted by molar-refractivity contribution is 0.0145. The van der Waals surface area contributed by atoms with Crippen LogP contribution in [0.2, 0.25) is 0 Å². The molecule has 1 heterocycles. The summed E-state index contributed by atoms with van der Waals surface area (Å²) in [5.74, 6) is 0. The fourth-order valence-electron chi connectivity index (χ4n) is 2.41. The number of benzene rings is 1. The van der Waals surface area contributed by atoms with E-state index < -0.39 is 0 Å². The Morgan fingerprint density at radius 3 is 2.78 bits per heavy atom. The van der Waals surface area contributed by atoms with Crippen LogP contribution in [-0.2, 0) is 15.9 Å². The molecule has 0 bridgehead atoms. The number of likely N-dealkylation sites (N-methyl/N-ethyl adjacent to an activating group) is 1. The normalized spacial score (nSPS) is 21.4. The minimum Gasteiger partial charge on any atom is -0.353 e. The second-order valence-corrected chi connectivity index (χ2v) is 4.78. The van der Waals surface area contributed by atoms with Crippen LogP contribution in [0, 0.1) is 6.92 Å². The molecule has 1 fully saturated rings. The minimum absolute atomic E-state index is 0.168. The standard InChI is InChI=1S/C15H22NO2/c1-3-9-16(2)14(15-11-17-12-18-15)10-13-7-5-4-6-8-13/h4-8,14-15H,1,3,9-12H2,2H3. The highest BCUT2D eigenvalue weighted by Crippen LogP contribution is 2.17. The highest BCUT2D eigenvalue weighted by atomic mass is 16.7. The Hall–Kier alpha value is -0.900. The molecule has 18 heavy (non-hydrogen) atoms. The highest BCUT2D eigenvalue weighted by Gasteiger charge is 2.29. The van der Waals surface area contributed by atoms with Crippen molar-refractivity contribution in [1.82, 2.24) is 4.90 Å². The van der Waals surface area contributed by atoms with Crippen LogP contribution in [0.1, 0.15) is 12.0 Å².